The molecule has 0 saturated carbocycles. The van der Waals surface area contributed by atoms with E-state index >= 15 is 0 Å². The van der Waals surface area contributed by atoms with Gasteiger partial charge in [-0.1, -0.05) is 13.8 Å². The Hall–Kier alpha value is -1.08. The van der Waals surface area contributed by atoms with Gasteiger partial charge in [0.25, 0.3) is 0 Å². The Morgan fingerprint density at radius 3 is 2.62 bits per heavy atom. The number of nitrogens with two attached hydrogens (primary N) is 1. The zero-order valence-electron chi connectivity index (χ0n) is 10.5. The minimum absolute atomic E-state index is 0.0206. The SMILES string of the molecule is CC(C#N)CNC(=O)CCC(C)(C)CCN. The van der Waals surface area contributed by atoms with Crippen LogP contribution in [-0.4, -0.2) is 19.0 Å². The molecule has 4 heteroatoms. The van der Waals surface area contributed by atoms with E-state index in [9.17, 15) is 4.79 Å². The third-order valence-electron chi connectivity index (χ3n) is 2.68. The number of carbonyl (C=O) groups excluding carboxylic acids is 1. The molecule has 0 aromatic heterocycles. The summed E-state index contributed by atoms with van der Waals surface area (Å²) in [7, 11) is 0. The van der Waals surface area contributed by atoms with Gasteiger partial charge in [0.1, 0.15) is 0 Å². The lowest BCUT2D eigenvalue weighted by atomic mass is 9.84. The van der Waals surface area contributed by atoms with Crippen LogP contribution in [0.2, 0.25) is 0 Å². The Morgan fingerprint density at radius 1 is 1.50 bits per heavy atom. The molecule has 0 radical (unpaired) electrons. The molecule has 0 aromatic carbocycles. The minimum atomic E-state index is -0.124. The summed E-state index contributed by atoms with van der Waals surface area (Å²) in [4.78, 5) is 11.5. The minimum Gasteiger partial charge on any atom is -0.355 e. The Morgan fingerprint density at radius 2 is 2.12 bits per heavy atom. The van der Waals surface area contributed by atoms with Gasteiger partial charge < -0.3 is 11.1 Å². The molecule has 0 aliphatic heterocycles. The van der Waals surface area contributed by atoms with Crippen molar-refractivity contribution in [1.82, 2.24) is 5.32 Å². The summed E-state index contributed by atoms with van der Waals surface area (Å²) in [5, 5.41) is 11.3. The fourth-order valence-corrected chi connectivity index (χ4v) is 1.37. The molecule has 0 bridgehead atoms. The third-order valence-corrected chi connectivity index (χ3v) is 2.68. The van der Waals surface area contributed by atoms with E-state index in [1.54, 1.807) is 6.92 Å². The van der Waals surface area contributed by atoms with Crippen molar-refractivity contribution in [2.45, 2.75) is 40.0 Å². The molecule has 0 rings (SSSR count). The molecular weight excluding hydrogens is 202 g/mol. The van der Waals surface area contributed by atoms with Crippen LogP contribution in [-0.2, 0) is 4.79 Å². The number of nitriles is 1. The topological polar surface area (TPSA) is 78.9 Å². The van der Waals surface area contributed by atoms with E-state index in [0.29, 0.717) is 19.5 Å². The van der Waals surface area contributed by atoms with Gasteiger partial charge in [0.2, 0.25) is 5.91 Å². The number of nitrogens with one attached hydrogen (secondary N) is 1. The second-order valence-electron chi connectivity index (χ2n) is 5.04. The molecule has 0 aliphatic rings. The first-order valence-corrected chi connectivity index (χ1v) is 5.77. The average Bonchev–Trinajstić information content (AvgIpc) is 2.23. The largest absolute Gasteiger partial charge is 0.355 e. The first-order chi connectivity index (χ1) is 7.41. The van der Waals surface area contributed by atoms with Gasteiger partial charge in [-0.2, -0.15) is 5.26 Å². The van der Waals surface area contributed by atoms with Gasteiger partial charge in [0.15, 0.2) is 0 Å². The summed E-state index contributed by atoms with van der Waals surface area (Å²) in [6.07, 6.45) is 2.26. The van der Waals surface area contributed by atoms with Crippen molar-refractivity contribution in [3.63, 3.8) is 0 Å². The maximum atomic E-state index is 11.5. The lowest BCUT2D eigenvalue weighted by Crippen LogP contribution is -2.29. The highest BCUT2D eigenvalue weighted by Crippen LogP contribution is 2.25. The second kappa shape index (κ2) is 7.24. The summed E-state index contributed by atoms with van der Waals surface area (Å²) >= 11 is 0. The predicted molar refractivity (Wildman–Crippen MR) is 64.5 cm³/mol. The van der Waals surface area contributed by atoms with Gasteiger partial charge in [0.05, 0.1) is 12.0 Å². The fraction of sp³-hybridized carbons (Fsp3) is 0.833. The van der Waals surface area contributed by atoms with Crippen molar-refractivity contribution >= 4 is 5.91 Å². The van der Waals surface area contributed by atoms with Crippen molar-refractivity contribution in [3.8, 4) is 6.07 Å². The van der Waals surface area contributed by atoms with E-state index in [4.69, 9.17) is 11.0 Å². The number of rotatable bonds is 7. The van der Waals surface area contributed by atoms with Gasteiger partial charge >= 0.3 is 0 Å². The number of amides is 1. The van der Waals surface area contributed by atoms with Crippen LogP contribution in [0, 0.1) is 22.7 Å². The average molecular weight is 225 g/mol. The van der Waals surface area contributed by atoms with Gasteiger partial charge in [-0.25, -0.2) is 0 Å². The molecule has 16 heavy (non-hydrogen) atoms. The first kappa shape index (κ1) is 14.9. The smallest absolute Gasteiger partial charge is 0.220 e. The number of carbonyl (C=O) groups is 1. The van der Waals surface area contributed by atoms with Crippen LogP contribution in [0.25, 0.3) is 0 Å². The summed E-state index contributed by atoms with van der Waals surface area (Å²) < 4.78 is 0. The molecule has 1 atom stereocenters. The van der Waals surface area contributed by atoms with Crippen molar-refractivity contribution in [1.29, 1.82) is 5.26 Å². The summed E-state index contributed by atoms with van der Waals surface area (Å²) in [6, 6.07) is 2.08. The molecule has 0 saturated heterocycles. The summed E-state index contributed by atoms with van der Waals surface area (Å²) in [5.41, 5.74) is 5.62. The van der Waals surface area contributed by atoms with Crippen LogP contribution in [0.4, 0.5) is 0 Å². The maximum absolute atomic E-state index is 11.5. The van der Waals surface area contributed by atoms with Crippen LogP contribution in [0.15, 0.2) is 0 Å². The predicted octanol–water partition coefficient (Wildman–Crippen LogP) is 1.42. The van der Waals surface area contributed by atoms with Crippen LogP contribution >= 0.6 is 0 Å². The number of hydrogen-bond donors (Lipinski definition) is 2. The molecule has 4 nitrogen and oxygen atoms in total. The van der Waals surface area contributed by atoms with Crippen molar-refractivity contribution in [2.24, 2.45) is 17.1 Å². The van der Waals surface area contributed by atoms with Gasteiger partial charge in [0, 0.05) is 13.0 Å². The van der Waals surface area contributed by atoms with E-state index < -0.39 is 0 Å². The van der Waals surface area contributed by atoms with E-state index in [2.05, 4.69) is 25.2 Å². The molecule has 0 spiro atoms. The molecule has 0 aromatic rings. The van der Waals surface area contributed by atoms with Crippen molar-refractivity contribution < 1.29 is 4.79 Å². The fourth-order valence-electron chi connectivity index (χ4n) is 1.37. The van der Waals surface area contributed by atoms with Gasteiger partial charge in [-0.05, 0) is 31.7 Å². The van der Waals surface area contributed by atoms with Crippen molar-refractivity contribution in [2.75, 3.05) is 13.1 Å². The Kier molecular flexibility index (Phi) is 6.75. The second-order valence-corrected chi connectivity index (χ2v) is 5.04. The lowest BCUT2D eigenvalue weighted by molar-refractivity contribution is -0.121. The molecule has 92 valence electrons. The van der Waals surface area contributed by atoms with E-state index in [-0.39, 0.29) is 17.2 Å². The van der Waals surface area contributed by atoms with E-state index in [1.807, 2.05) is 0 Å². The summed E-state index contributed by atoms with van der Waals surface area (Å²) in [6.45, 7) is 7.11. The van der Waals surface area contributed by atoms with Gasteiger partial charge in [-0.3, -0.25) is 4.79 Å². The van der Waals surface area contributed by atoms with Crippen LogP contribution in [0.1, 0.15) is 40.0 Å². The Balaban J connectivity index is 3.77. The van der Waals surface area contributed by atoms with Crippen LogP contribution in [0.5, 0.6) is 0 Å². The third kappa shape index (κ3) is 7.24. The molecule has 0 heterocycles. The zero-order valence-corrected chi connectivity index (χ0v) is 10.5. The highest BCUT2D eigenvalue weighted by molar-refractivity contribution is 5.75. The summed E-state index contributed by atoms with van der Waals surface area (Å²) in [5.74, 6) is -0.104. The van der Waals surface area contributed by atoms with E-state index in [0.717, 1.165) is 12.8 Å². The van der Waals surface area contributed by atoms with Crippen LogP contribution < -0.4 is 11.1 Å². The molecular formula is C12H23N3O. The molecule has 0 fully saturated rings. The zero-order chi connectivity index (χ0) is 12.6. The van der Waals surface area contributed by atoms with E-state index in [1.165, 1.54) is 0 Å². The van der Waals surface area contributed by atoms with Crippen molar-refractivity contribution in [3.05, 3.63) is 0 Å². The van der Waals surface area contributed by atoms with Crippen LogP contribution in [0.3, 0.4) is 0 Å². The normalized spacial score (nSPS) is 12.9. The lowest BCUT2D eigenvalue weighted by Gasteiger charge is -2.23. The standard InChI is InChI=1S/C12H23N3O/c1-10(8-14)9-15-11(16)4-5-12(2,3)6-7-13/h10H,4-7,9,13H2,1-3H3,(H,15,16). The molecule has 1 unspecified atom stereocenters. The highest BCUT2D eigenvalue weighted by Gasteiger charge is 2.18. The number of hydrogen-bond acceptors (Lipinski definition) is 3. The Labute approximate surface area is 98.2 Å². The molecule has 3 N–H and O–H groups in total. The van der Waals surface area contributed by atoms with Gasteiger partial charge in [-0.15, -0.1) is 0 Å². The number of nitrogens with zero attached hydrogens (tertiary/aromatic N) is 1. The molecule has 0 aliphatic carbocycles. The monoisotopic (exact) mass is 225 g/mol. The molecule has 1 amide bonds. The Bertz CT molecular complexity index is 255. The highest BCUT2D eigenvalue weighted by atomic mass is 16.1. The quantitative estimate of drug-likeness (QED) is 0.687. The maximum Gasteiger partial charge on any atom is 0.220 e. The first-order valence-electron chi connectivity index (χ1n) is 5.77.